The number of nitrogens with zero attached hydrogens (tertiary/aromatic N) is 4. The fourth-order valence-electron chi connectivity index (χ4n) is 3.34. The molecule has 3 heterocycles. The van der Waals surface area contributed by atoms with E-state index in [1.165, 1.54) is 18.0 Å². The highest BCUT2D eigenvalue weighted by Crippen LogP contribution is 2.21. The van der Waals surface area contributed by atoms with Gasteiger partial charge >= 0.3 is 0 Å². The third-order valence-corrected chi connectivity index (χ3v) is 5.19. The Morgan fingerprint density at radius 3 is 2.66 bits per heavy atom. The lowest BCUT2D eigenvalue weighted by atomic mass is 10.1. The molecule has 168 valence electrons. The summed E-state index contributed by atoms with van der Waals surface area (Å²) in [6, 6.07) is 10.5. The molecule has 0 bridgehead atoms. The molecule has 1 aromatic carbocycles. The molecule has 0 atom stereocenters. The van der Waals surface area contributed by atoms with E-state index in [0.29, 0.717) is 12.4 Å². The molecule has 7 nitrogen and oxygen atoms in total. The van der Waals surface area contributed by atoms with Gasteiger partial charge in [-0.3, -0.25) is 4.98 Å². The fraction of sp³-hybridized carbons (Fsp3) is 0.320. The van der Waals surface area contributed by atoms with Crippen LogP contribution in [0.25, 0.3) is 10.9 Å². The van der Waals surface area contributed by atoms with E-state index < -0.39 is 0 Å². The number of hydrogen-bond donors (Lipinski definition) is 3. The minimum atomic E-state index is 0.472. The Balaban J connectivity index is 0.000000224. The van der Waals surface area contributed by atoms with E-state index in [4.69, 9.17) is 12.2 Å². The molecule has 0 aliphatic carbocycles. The Kier molecular flexibility index (Phi) is 9.45. The van der Waals surface area contributed by atoms with E-state index in [0.717, 1.165) is 47.7 Å². The molecule has 1 aliphatic rings. The first-order valence-corrected chi connectivity index (χ1v) is 10.7. The summed E-state index contributed by atoms with van der Waals surface area (Å²) in [5.74, 6) is 4.03. The van der Waals surface area contributed by atoms with Crippen LogP contribution in [0.2, 0.25) is 0 Å². The summed E-state index contributed by atoms with van der Waals surface area (Å²) in [6.07, 6.45) is 11.0. The Bertz CT molecular complexity index is 1100. The van der Waals surface area contributed by atoms with E-state index in [1.54, 1.807) is 6.20 Å². The zero-order valence-electron chi connectivity index (χ0n) is 19.4. The molecule has 1 aliphatic heterocycles. The highest BCUT2D eigenvalue weighted by atomic mass is 15.2. The average Bonchev–Trinajstić information content (AvgIpc) is 2.86. The van der Waals surface area contributed by atoms with E-state index in [2.05, 4.69) is 68.0 Å². The summed E-state index contributed by atoms with van der Waals surface area (Å²) in [4.78, 5) is 15.0. The van der Waals surface area contributed by atoms with Gasteiger partial charge in [0, 0.05) is 42.9 Å². The standard InChI is InChI=1S/C13H17N5.C11H11N.CH5N/c1-4-10-8-18(6-5-11(10)15-3)12-7-16-13(14)9(2)17-12;1-2-9-5-6-11-10(8-9)4-3-7-12-11;1-2/h1,7,15H,5-6,8H2,2-3H3,(H2,14,16);3-8H,2H2,1H3;2H2,1H3. The van der Waals surface area contributed by atoms with Crippen LogP contribution >= 0.6 is 0 Å². The highest BCUT2D eigenvalue weighted by molar-refractivity contribution is 5.78. The van der Waals surface area contributed by atoms with Gasteiger partial charge in [0.15, 0.2) is 0 Å². The summed E-state index contributed by atoms with van der Waals surface area (Å²) in [5, 5.41) is 4.39. The molecule has 3 aromatic rings. The second-order valence-electron chi connectivity index (χ2n) is 7.11. The maximum absolute atomic E-state index is 5.67. The molecule has 0 radical (unpaired) electrons. The smallest absolute Gasteiger partial charge is 0.147 e. The Labute approximate surface area is 191 Å². The van der Waals surface area contributed by atoms with Crippen molar-refractivity contribution in [1.29, 1.82) is 0 Å². The predicted octanol–water partition coefficient (Wildman–Crippen LogP) is 3.06. The van der Waals surface area contributed by atoms with Gasteiger partial charge in [-0.1, -0.05) is 25.0 Å². The number of aromatic nitrogens is 3. The molecule has 0 saturated heterocycles. The van der Waals surface area contributed by atoms with Crippen molar-refractivity contribution in [2.75, 3.05) is 37.8 Å². The zero-order chi connectivity index (χ0) is 23.5. The Morgan fingerprint density at radius 2 is 2.00 bits per heavy atom. The van der Waals surface area contributed by atoms with Crippen LogP contribution in [0, 0.1) is 19.3 Å². The molecule has 5 N–H and O–H groups in total. The van der Waals surface area contributed by atoms with Crippen LogP contribution in [0.1, 0.15) is 24.6 Å². The van der Waals surface area contributed by atoms with Crippen molar-refractivity contribution in [3.05, 3.63) is 65.3 Å². The molecule has 7 heteroatoms. The number of benzene rings is 1. The van der Waals surface area contributed by atoms with Crippen molar-refractivity contribution in [2.24, 2.45) is 5.73 Å². The van der Waals surface area contributed by atoms with E-state index in [1.807, 2.05) is 26.2 Å². The first-order chi connectivity index (χ1) is 15.5. The zero-order valence-corrected chi connectivity index (χ0v) is 19.4. The van der Waals surface area contributed by atoms with Crippen LogP contribution in [0.3, 0.4) is 0 Å². The third kappa shape index (κ3) is 6.19. The van der Waals surface area contributed by atoms with Crippen LogP contribution in [0.4, 0.5) is 11.6 Å². The molecule has 4 rings (SSSR count). The number of nitrogen functional groups attached to an aromatic ring is 1. The molecular formula is C25H33N7. The van der Waals surface area contributed by atoms with Gasteiger partial charge in [0.2, 0.25) is 0 Å². The number of pyridine rings is 1. The Morgan fingerprint density at radius 1 is 1.22 bits per heavy atom. The molecule has 32 heavy (non-hydrogen) atoms. The topological polar surface area (TPSA) is 106 Å². The summed E-state index contributed by atoms with van der Waals surface area (Å²) in [5.41, 5.74) is 15.5. The second kappa shape index (κ2) is 12.3. The first kappa shape index (κ1) is 24.6. The molecular weight excluding hydrogens is 398 g/mol. The highest BCUT2D eigenvalue weighted by Gasteiger charge is 2.19. The first-order valence-electron chi connectivity index (χ1n) is 10.7. The summed E-state index contributed by atoms with van der Waals surface area (Å²) >= 11 is 0. The molecule has 0 spiro atoms. The minimum absolute atomic E-state index is 0.472. The van der Waals surface area contributed by atoms with Crippen LogP contribution in [0.15, 0.2) is 54.0 Å². The summed E-state index contributed by atoms with van der Waals surface area (Å²) in [6.45, 7) is 5.58. The number of nitrogens with one attached hydrogen (secondary N) is 1. The number of hydrogen-bond acceptors (Lipinski definition) is 7. The van der Waals surface area contributed by atoms with Crippen molar-refractivity contribution in [2.45, 2.75) is 26.7 Å². The SMILES string of the molecule is C#CC1=C(NC)CCN(c2cnc(N)c(C)n2)C1.CCc1ccc2ncccc2c1.CN. The molecule has 2 aromatic heterocycles. The summed E-state index contributed by atoms with van der Waals surface area (Å²) < 4.78 is 0. The van der Waals surface area contributed by atoms with Gasteiger partial charge < -0.3 is 21.7 Å². The van der Waals surface area contributed by atoms with E-state index >= 15 is 0 Å². The van der Waals surface area contributed by atoms with Gasteiger partial charge in [-0.15, -0.1) is 6.42 Å². The maximum Gasteiger partial charge on any atom is 0.147 e. The monoisotopic (exact) mass is 431 g/mol. The van der Waals surface area contributed by atoms with Gasteiger partial charge in [0.1, 0.15) is 11.6 Å². The van der Waals surface area contributed by atoms with Crippen molar-refractivity contribution in [1.82, 2.24) is 20.3 Å². The van der Waals surface area contributed by atoms with E-state index in [-0.39, 0.29) is 0 Å². The molecule has 0 fully saturated rings. The van der Waals surface area contributed by atoms with E-state index in [9.17, 15) is 0 Å². The van der Waals surface area contributed by atoms with Crippen LogP contribution in [0.5, 0.6) is 0 Å². The summed E-state index contributed by atoms with van der Waals surface area (Å²) in [7, 11) is 3.40. The van der Waals surface area contributed by atoms with Crippen molar-refractivity contribution in [3.8, 4) is 12.3 Å². The van der Waals surface area contributed by atoms with Gasteiger partial charge in [-0.05, 0) is 44.2 Å². The van der Waals surface area contributed by atoms with Crippen LogP contribution < -0.4 is 21.7 Å². The quantitative estimate of drug-likeness (QED) is 0.547. The maximum atomic E-state index is 5.67. The largest absolute Gasteiger partial charge is 0.391 e. The van der Waals surface area contributed by atoms with Crippen molar-refractivity contribution < 1.29 is 0 Å². The Hall–Kier alpha value is -3.63. The van der Waals surface area contributed by atoms with Crippen molar-refractivity contribution in [3.63, 3.8) is 0 Å². The minimum Gasteiger partial charge on any atom is -0.391 e. The molecule has 0 unspecified atom stereocenters. The number of anilines is 2. The van der Waals surface area contributed by atoms with Crippen LogP contribution in [-0.2, 0) is 6.42 Å². The average molecular weight is 432 g/mol. The third-order valence-electron chi connectivity index (χ3n) is 5.19. The molecule has 0 saturated carbocycles. The fourth-order valence-corrected chi connectivity index (χ4v) is 3.34. The van der Waals surface area contributed by atoms with Crippen LogP contribution in [-0.4, -0.2) is 42.1 Å². The number of nitrogens with two attached hydrogens (primary N) is 2. The normalized spacial score (nSPS) is 12.8. The second-order valence-corrected chi connectivity index (χ2v) is 7.11. The lowest BCUT2D eigenvalue weighted by molar-refractivity contribution is 0.714. The van der Waals surface area contributed by atoms with Gasteiger partial charge in [-0.2, -0.15) is 0 Å². The predicted molar refractivity (Wildman–Crippen MR) is 134 cm³/mol. The van der Waals surface area contributed by atoms with Gasteiger partial charge in [0.25, 0.3) is 0 Å². The van der Waals surface area contributed by atoms with Crippen molar-refractivity contribution >= 4 is 22.5 Å². The number of aryl methyl sites for hydroxylation is 2. The number of rotatable bonds is 3. The number of fused-ring (bicyclic) bond motifs is 1. The van der Waals surface area contributed by atoms with Gasteiger partial charge in [-0.25, -0.2) is 9.97 Å². The molecule has 0 amide bonds. The number of terminal acetylenes is 1. The lowest BCUT2D eigenvalue weighted by Crippen LogP contribution is -2.34. The van der Waals surface area contributed by atoms with Gasteiger partial charge in [0.05, 0.1) is 24.0 Å². The lowest BCUT2D eigenvalue weighted by Gasteiger charge is -2.29.